The Bertz CT molecular complexity index is 559. The van der Waals surface area contributed by atoms with Crippen molar-refractivity contribution in [3.8, 4) is 0 Å². The molecule has 0 aliphatic rings. The smallest absolute Gasteiger partial charge is 0.401 e. The minimum atomic E-state index is -5.11. The first-order valence-electron chi connectivity index (χ1n) is 6.79. The SMILES string of the molecule is CCOC(=O)C(C)c1ccc(C(F)(F)P(=O)(O)OCC)cc1. The average Bonchev–Trinajstić information content (AvgIpc) is 2.46. The van der Waals surface area contributed by atoms with E-state index in [4.69, 9.17) is 4.74 Å². The summed E-state index contributed by atoms with van der Waals surface area (Å²) in [4.78, 5) is 20.9. The minimum Gasteiger partial charge on any atom is -0.466 e. The summed E-state index contributed by atoms with van der Waals surface area (Å²) in [5, 5.41) is 0. The standard InChI is InChI=1S/C14H19F2O5P/c1-4-20-13(17)10(3)11-6-8-12(9-7-11)14(15,16)22(18,19)21-5-2/h6-10H,4-5H2,1-3H3,(H,18,19). The maximum absolute atomic E-state index is 14.0. The van der Waals surface area contributed by atoms with E-state index in [0.29, 0.717) is 5.56 Å². The van der Waals surface area contributed by atoms with Gasteiger partial charge >= 0.3 is 19.2 Å². The third kappa shape index (κ3) is 3.91. The summed E-state index contributed by atoms with van der Waals surface area (Å²) in [7, 11) is -5.11. The lowest BCUT2D eigenvalue weighted by Crippen LogP contribution is -2.17. The first-order valence-corrected chi connectivity index (χ1v) is 8.37. The van der Waals surface area contributed by atoms with Crippen LogP contribution >= 0.6 is 7.60 Å². The Labute approximate surface area is 127 Å². The van der Waals surface area contributed by atoms with Crippen molar-refractivity contribution >= 4 is 13.6 Å². The van der Waals surface area contributed by atoms with Gasteiger partial charge in [0.1, 0.15) is 0 Å². The molecule has 22 heavy (non-hydrogen) atoms. The third-order valence-electron chi connectivity index (χ3n) is 3.06. The van der Waals surface area contributed by atoms with E-state index in [-0.39, 0.29) is 13.2 Å². The van der Waals surface area contributed by atoms with Crippen molar-refractivity contribution in [1.29, 1.82) is 0 Å². The minimum absolute atomic E-state index is 0.224. The van der Waals surface area contributed by atoms with Gasteiger partial charge < -0.3 is 14.2 Å². The highest BCUT2D eigenvalue weighted by atomic mass is 31.2. The average molecular weight is 336 g/mol. The largest absolute Gasteiger partial charge is 0.466 e. The van der Waals surface area contributed by atoms with Crippen LogP contribution in [-0.4, -0.2) is 24.1 Å². The fourth-order valence-electron chi connectivity index (χ4n) is 1.79. The molecule has 0 aliphatic heterocycles. The molecule has 1 aromatic carbocycles. The van der Waals surface area contributed by atoms with Crippen LogP contribution in [0.3, 0.4) is 0 Å². The number of benzene rings is 1. The summed E-state index contributed by atoms with van der Waals surface area (Å²) >= 11 is 0. The number of hydrogen-bond donors (Lipinski definition) is 1. The van der Waals surface area contributed by atoms with E-state index in [9.17, 15) is 23.0 Å². The summed E-state index contributed by atoms with van der Waals surface area (Å²) in [6.07, 6.45) is 0. The number of esters is 1. The molecule has 5 nitrogen and oxygen atoms in total. The number of carbonyl (C=O) groups is 1. The molecule has 2 atom stereocenters. The van der Waals surface area contributed by atoms with Crippen molar-refractivity contribution < 1.29 is 32.3 Å². The molecule has 2 unspecified atom stereocenters. The van der Waals surface area contributed by atoms with Gasteiger partial charge in [-0.3, -0.25) is 9.36 Å². The van der Waals surface area contributed by atoms with Gasteiger partial charge in [-0.1, -0.05) is 24.3 Å². The first kappa shape index (κ1) is 18.7. The lowest BCUT2D eigenvalue weighted by Gasteiger charge is -2.22. The van der Waals surface area contributed by atoms with E-state index in [2.05, 4.69) is 4.52 Å². The van der Waals surface area contributed by atoms with E-state index >= 15 is 0 Å². The molecule has 0 bridgehead atoms. The van der Waals surface area contributed by atoms with Gasteiger partial charge in [0.05, 0.1) is 19.1 Å². The predicted octanol–water partition coefficient (Wildman–Crippen LogP) is 3.62. The van der Waals surface area contributed by atoms with Gasteiger partial charge in [0.2, 0.25) is 0 Å². The number of ether oxygens (including phenoxy) is 1. The zero-order chi connectivity index (χ0) is 17.0. The number of rotatable bonds is 7. The zero-order valence-electron chi connectivity index (χ0n) is 12.6. The van der Waals surface area contributed by atoms with Gasteiger partial charge in [-0.05, 0) is 26.3 Å². The van der Waals surface area contributed by atoms with E-state index in [1.54, 1.807) is 13.8 Å². The monoisotopic (exact) mass is 336 g/mol. The summed E-state index contributed by atoms with van der Waals surface area (Å²) in [5.41, 5.74) is -4.19. The van der Waals surface area contributed by atoms with Gasteiger partial charge in [0.15, 0.2) is 0 Å². The second-order valence-electron chi connectivity index (χ2n) is 4.58. The predicted molar refractivity (Wildman–Crippen MR) is 76.8 cm³/mol. The maximum atomic E-state index is 14.0. The van der Waals surface area contributed by atoms with Gasteiger partial charge in [-0.25, -0.2) is 0 Å². The van der Waals surface area contributed by atoms with Crippen LogP contribution in [0.4, 0.5) is 8.78 Å². The number of hydrogen-bond acceptors (Lipinski definition) is 4. The Kier molecular flexibility index (Phi) is 6.23. The molecular weight excluding hydrogens is 317 g/mol. The summed E-state index contributed by atoms with van der Waals surface area (Å²) < 4.78 is 48.7. The number of carbonyl (C=O) groups excluding carboxylic acids is 1. The van der Waals surface area contributed by atoms with Crippen LogP contribution in [0.25, 0.3) is 0 Å². The molecule has 0 saturated carbocycles. The molecule has 124 valence electrons. The first-order chi connectivity index (χ1) is 10.2. The summed E-state index contributed by atoms with van der Waals surface area (Å²) in [6, 6.07) is 4.62. The number of alkyl halides is 2. The highest BCUT2D eigenvalue weighted by Crippen LogP contribution is 2.63. The van der Waals surface area contributed by atoms with E-state index < -0.39 is 30.7 Å². The molecule has 0 saturated heterocycles. The van der Waals surface area contributed by atoms with Gasteiger partial charge in [-0.15, -0.1) is 0 Å². The van der Waals surface area contributed by atoms with Crippen molar-refractivity contribution in [3.63, 3.8) is 0 Å². The fraction of sp³-hybridized carbons (Fsp3) is 0.500. The molecule has 0 heterocycles. The van der Waals surface area contributed by atoms with Crippen LogP contribution in [0.5, 0.6) is 0 Å². The van der Waals surface area contributed by atoms with E-state index in [1.165, 1.54) is 19.1 Å². The van der Waals surface area contributed by atoms with Gasteiger partial charge in [-0.2, -0.15) is 8.78 Å². The Morgan fingerprint density at radius 2 is 1.82 bits per heavy atom. The van der Waals surface area contributed by atoms with Crippen LogP contribution in [-0.2, 0) is 24.3 Å². The van der Waals surface area contributed by atoms with Crippen molar-refractivity contribution in [2.24, 2.45) is 0 Å². The maximum Gasteiger partial charge on any atom is 0.401 e. The Hall–Kier alpha value is -1.30. The number of halogens is 2. The second-order valence-corrected chi connectivity index (χ2v) is 6.44. The molecule has 1 aromatic rings. The third-order valence-corrected chi connectivity index (χ3v) is 4.63. The topological polar surface area (TPSA) is 72.8 Å². The van der Waals surface area contributed by atoms with E-state index in [1.807, 2.05) is 0 Å². The van der Waals surface area contributed by atoms with Crippen LogP contribution in [0.15, 0.2) is 24.3 Å². The van der Waals surface area contributed by atoms with Crippen molar-refractivity contribution in [2.45, 2.75) is 32.4 Å². The quantitative estimate of drug-likeness (QED) is 0.608. The highest BCUT2D eigenvalue weighted by Gasteiger charge is 2.52. The lowest BCUT2D eigenvalue weighted by molar-refractivity contribution is -0.144. The molecule has 0 aliphatic carbocycles. The summed E-state index contributed by atoms with van der Waals surface area (Å²) in [6.45, 7) is 4.52. The van der Waals surface area contributed by atoms with Crippen molar-refractivity contribution in [2.75, 3.05) is 13.2 Å². The summed E-state index contributed by atoms with van der Waals surface area (Å²) in [5.74, 6) is -1.08. The molecule has 1 N–H and O–H groups in total. The lowest BCUT2D eigenvalue weighted by atomic mass is 10.00. The van der Waals surface area contributed by atoms with E-state index in [0.717, 1.165) is 12.1 Å². The van der Waals surface area contributed by atoms with Crippen molar-refractivity contribution in [3.05, 3.63) is 35.4 Å². The van der Waals surface area contributed by atoms with Crippen molar-refractivity contribution in [1.82, 2.24) is 0 Å². The molecule has 0 amide bonds. The van der Waals surface area contributed by atoms with Crippen LogP contribution in [0.2, 0.25) is 0 Å². The molecule has 8 heteroatoms. The highest BCUT2D eigenvalue weighted by molar-refractivity contribution is 7.53. The molecular formula is C14H19F2O5P. The van der Waals surface area contributed by atoms with Gasteiger partial charge in [0, 0.05) is 5.56 Å². The normalized spacial score (nSPS) is 15.9. The molecule has 0 aromatic heterocycles. The second kappa shape index (κ2) is 7.31. The Balaban J connectivity index is 3.02. The molecule has 0 fully saturated rings. The Morgan fingerprint density at radius 3 is 2.27 bits per heavy atom. The fourth-order valence-corrected chi connectivity index (χ4v) is 2.78. The molecule has 0 spiro atoms. The molecule has 0 radical (unpaired) electrons. The van der Waals surface area contributed by atoms with Crippen LogP contribution in [0, 0.1) is 0 Å². The zero-order valence-corrected chi connectivity index (χ0v) is 13.5. The molecule has 1 rings (SSSR count). The van der Waals surface area contributed by atoms with Crippen LogP contribution < -0.4 is 0 Å². The Morgan fingerprint density at radius 1 is 1.27 bits per heavy atom. The van der Waals surface area contributed by atoms with Crippen LogP contribution in [0.1, 0.15) is 37.8 Å². The van der Waals surface area contributed by atoms with Gasteiger partial charge in [0.25, 0.3) is 0 Å².